The maximum absolute atomic E-state index is 12.6. The molecule has 100 valence electrons. The van der Waals surface area contributed by atoms with Crippen molar-refractivity contribution in [3.05, 3.63) is 35.9 Å². The summed E-state index contributed by atoms with van der Waals surface area (Å²) < 4.78 is 0. The van der Waals surface area contributed by atoms with Crippen molar-refractivity contribution in [2.45, 2.75) is 45.2 Å². The van der Waals surface area contributed by atoms with E-state index in [9.17, 15) is 4.79 Å². The lowest BCUT2D eigenvalue weighted by Crippen LogP contribution is -2.22. The third kappa shape index (κ3) is 1.35. The van der Waals surface area contributed by atoms with Gasteiger partial charge in [0, 0.05) is 5.56 Å². The highest BCUT2D eigenvalue weighted by Gasteiger charge is 2.74. The van der Waals surface area contributed by atoms with E-state index in [1.165, 1.54) is 12.8 Å². The number of amides is 1. The van der Waals surface area contributed by atoms with Crippen molar-refractivity contribution in [3.8, 4) is 0 Å². The smallest absolute Gasteiger partial charge is 0.254 e. The van der Waals surface area contributed by atoms with E-state index < -0.39 is 0 Å². The lowest BCUT2D eigenvalue weighted by atomic mass is 9.91. The first kappa shape index (κ1) is 11.5. The molecule has 2 nitrogen and oxygen atoms in total. The van der Waals surface area contributed by atoms with Gasteiger partial charge in [-0.25, -0.2) is 0 Å². The molecule has 2 aliphatic carbocycles. The lowest BCUT2D eigenvalue weighted by molar-refractivity contribution is 0.0846. The summed E-state index contributed by atoms with van der Waals surface area (Å²) in [4.78, 5) is 14.7. The number of hydrogen-bond acceptors (Lipinski definition) is 1. The third-order valence-electron chi connectivity index (χ3n) is 6.15. The third-order valence-corrected chi connectivity index (χ3v) is 6.15. The first-order chi connectivity index (χ1) is 8.96. The number of fused-ring (bicyclic) bond motifs is 2. The summed E-state index contributed by atoms with van der Waals surface area (Å²) in [6.07, 6.45) is 2.42. The molecule has 0 bridgehead atoms. The van der Waals surface area contributed by atoms with Gasteiger partial charge in [-0.2, -0.15) is 0 Å². The minimum atomic E-state index is 0.141. The normalized spacial score (nSPS) is 41.2. The highest BCUT2D eigenvalue weighted by molar-refractivity contribution is 5.97. The van der Waals surface area contributed by atoms with Gasteiger partial charge in [-0.05, 0) is 49.1 Å². The fourth-order valence-electron chi connectivity index (χ4n) is 4.61. The Labute approximate surface area is 114 Å². The summed E-state index contributed by atoms with van der Waals surface area (Å²) in [7, 11) is 0. The summed E-state index contributed by atoms with van der Waals surface area (Å²) in [6.45, 7) is 7.06. The van der Waals surface area contributed by atoms with Crippen LogP contribution in [0.15, 0.2) is 30.3 Å². The van der Waals surface area contributed by atoms with Crippen molar-refractivity contribution < 1.29 is 4.79 Å². The number of carbonyl (C=O) groups is 1. The van der Waals surface area contributed by atoms with Crippen LogP contribution in [-0.2, 0) is 0 Å². The summed E-state index contributed by atoms with van der Waals surface area (Å²) >= 11 is 0. The van der Waals surface area contributed by atoms with Crippen molar-refractivity contribution in [1.82, 2.24) is 4.90 Å². The zero-order valence-electron chi connectivity index (χ0n) is 11.9. The van der Waals surface area contributed by atoms with E-state index >= 15 is 0 Å². The van der Waals surface area contributed by atoms with E-state index in [4.69, 9.17) is 0 Å². The second-order valence-corrected chi connectivity index (χ2v) is 7.39. The first-order valence-electron chi connectivity index (χ1n) is 7.35. The molecular weight excluding hydrogens is 234 g/mol. The maximum Gasteiger partial charge on any atom is 0.254 e. The van der Waals surface area contributed by atoms with Crippen molar-refractivity contribution in [1.29, 1.82) is 0 Å². The van der Waals surface area contributed by atoms with E-state index in [2.05, 4.69) is 25.7 Å². The molecule has 1 aromatic carbocycles. The van der Waals surface area contributed by atoms with Crippen LogP contribution in [-0.4, -0.2) is 22.4 Å². The Morgan fingerprint density at radius 2 is 1.84 bits per heavy atom. The van der Waals surface area contributed by atoms with Gasteiger partial charge in [-0.1, -0.05) is 32.0 Å². The SMILES string of the molecule is CC1(C)[C@@H]2C[C@H]3N(C(=O)c4ccccc4)[C@@]3(C)C[C@@H]21. The number of nitrogens with zero attached hydrogens (tertiary/aromatic N) is 1. The van der Waals surface area contributed by atoms with Crippen LogP contribution in [0.5, 0.6) is 0 Å². The van der Waals surface area contributed by atoms with Crippen LogP contribution < -0.4 is 0 Å². The number of benzene rings is 1. The monoisotopic (exact) mass is 255 g/mol. The van der Waals surface area contributed by atoms with Crippen LogP contribution in [0.3, 0.4) is 0 Å². The van der Waals surface area contributed by atoms with Gasteiger partial charge in [0.25, 0.3) is 5.91 Å². The Hall–Kier alpha value is -1.31. The zero-order valence-corrected chi connectivity index (χ0v) is 11.9. The molecule has 19 heavy (non-hydrogen) atoms. The summed E-state index contributed by atoms with van der Waals surface area (Å²) in [5.74, 6) is 1.91. The average molecular weight is 255 g/mol. The fraction of sp³-hybridized carbons (Fsp3) is 0.588. The van der Waals surface area contributed by atoms with Crippen molar-refractivity contribution >= 4 is 5.91 Å². The topological polar surface area (TPSA) is 20.1 Å². The highest BCUT2D eigenvalue weighted by Crippen LogP contribution is 2.72. The number of rotatable bonds is 1. The quantitative estimate of drug-likeness (QED) is 0.705. The second kappa shape index (κ2) is 3.23. The average Bonchev–Trinajstić information content (AvgIpc) is 3.18. The van der Waals surface area contributed by atoms with Gasteiger partial charge in [0.1, 0.15) is 0 Å². The zero-order chi connectivity index (χ0) is 13.4. The molecule has 3 fully saturated rings. The summed E-state index contributed by atoms with van der Waals surface area (Å²) in [6, 6.07) is 10.2. The molecule has 4 atom stereocenters. The number of likely N-dealkylation sites (tertiary alicyclic amines) is 1. The van der Waals surface area contributed by atoms with E-state index in [0.717, 1.165) is 17.4 Å². The van der Waals surface area contributed by atoms with Crippen molar-refractivity contribution in [3.63, 3.8) is 0 Å². The Morgan fingerprint density at radius 3 is 2.47 bits per heavy atom. The van der Waals surface area contributed by atoms with E-state index in [0.29, 0.717) is 11.5 Å². The largest absolute Gasteiger partial charge is 0.326 e. The molecule has 2 saturated carbocycles. The van der Waals surface area contributed by atoms with Crippen molar-refractivity contribution in [2.24, 2.45) is 17.3 Å². The minimum absolute atomic E-state index is 0.141. The summed E-state index contributed by atoms with van der Waals surface area (Å²) in [5.41, 5.74) is 1.51. The highest BCUT2D eigenvalue weighted by atomic mass is 16.2. The standard InChI is InChI=1S/C17H21NO/c1-16(2)12-9-14-17(3,10-13(12)16)18(14)15(19)11-7-5-4-6-8-11/h4-8,12-14H,9-10H2,1-3H3/t12-,13+,14-,17+,18?/m1/s1. The molecule has 2 heteroatoms. The Kier molecular flexibility index (Phi) is 1.95. The van der Waals surface area contributed by atoms with Crippen LogP contribution >= 0.6 is 0 Å². The van der Waals surface area contributed by atoms with Gasteiger partial charge in [0.15, 0.2) is 0 Å². The predicted octanol–water partition coefficient (Wildman–Crippen LogP) is 3.34. The Morgan fingerprint density at radius 1 is 1.16 bits per heavy atom. The van der Waals surface area contributed by atoms with Gasteiger partial charge >= 0.3 is 0 Å². The van der Waals surface area contributed by atoms with Crippen LogP contribution in [0.4, 0.5) is 0 Å². The Bertz CT molecular complexity index is 550. The predicted molar refractivity (Wildman–Crippen MR) is 74.8 cm³/mol. The van der Waals surface area contributed by atoms with Crippen LogP contribution in [0, 0.1) is 17.3 Å². The van der Waals surface area contributed by atoms with Crippen molar-refractivity contribution in [2.75, 3.05) is 0 Å². The molecule has 1 aliphatic heterocycles. The molecule has 1 heterocycles. The maximum atomic E-state index is 12.6. The molecular formula is C17H21NO. The first-order valence-corrected chi connectivity index (χ1v) is 7.35. The molecule has 1 amide bonds. The van der Waals surface area contributed by atoms with Crippen LogP contribution in [0.2, 0.25) is 0 Å². The van der Waals surface area contributed by atoms with Crippen LogP contribution in [0.25, 0.3) is 0 Å². The number of carbonyl (C=O) groups excluding carboxylic acids is 1. The molecule has 0 unspecified atom stereocenters. The lowest BCUT2D eigenvalue weighted by Gasteiger charge is -2.14. The van der Waals surface area contributed by atoms with Gasteiger partial charge in [-0.3, -0.25) is 4.79 Å². The number of hydrogen-bond donors (Lipinski definition) is 0. The van der Waals surface area contributed by atoms with Gasteiger partial charge < -0.3 is 4.90 Å². The van der Waals surface area contributed by atoms with E-state index in [-0.39, 0.29) is 11.4 Å². The molecule has 0 spiro atoms. The molecule has 3 aliphatic rings. The minimum Gasteiger partial charge on any atom is -0.326 e. The molecule has 0 aromatic heterocycles. The fourth-order valence-corrected chi connectivity index (χ4v) is 4.61. The molecule has 0 radical (unpaired) electrons. The van der Waals surface area contributed by atoms with E-state index in [1.54, 1.807) is 0 Å². The summed E-state index contributed by atoms with van der Waals surface area (Å²) in [5, 5.41) is 0. The molecule has 1 saturated heterocycles. The van der Waals surface area contributed by atoms with Gasteiger partial charge in [0.2, 0.25) is 0 Å². The van der Waals surface area contributed by atoms with Gasteiger partial charge in [0.05, 0.1) is 11.6 Å². The Balaban J connectivity index is 1.57. The molecule has 0 N–H and O–H groups in total. The molecule has 4 rings (SSSR count). The van der Waals surface area contributed by atoms with Gasteiger partial charge in [-0.15, -0.1) is 0 Å². The van der Waals surface area contributed by atoms with E-state index in [1.807, 2.05) is 30.3 Å². The van der Waals surface area contributed by atoms with Crippen LogP contribution in [0.1, 0.15) is 44.0 Å². The molecule has 1 aromatic rings. The second-order valence-electron chi connectivity index (χ2n) is 7.39.